The first-order valence-electron chi connectivity index (χ1n) is 8.91. The number of carbonyl (C=O) groups excluding carboxylic acids is 1. The number of aliphatic hydroxyl groups excluding tert-OH is 1. The summed E-state index contributed by atoms with van der Waals surface area (Å²) < 4.78 is 5.20. The number of aliphatic carboxylic acids is 1. The van der Waals surface area contributed by atoms with Crippen LogP contribution >= 0.6 is 0 Å². The average Bonchev–Trinajstić information content (AvgIpc) is 2.69. The Hall–Kier alpha value is -3.13. The molecule has 1 aromatic carbocycles. The number of piperidine rings is 1. The Morgan fingerprint density at radius 2 is 2.14 bits per heavy atom. The maximum atomic E-state index is 12.8. The van der Waals surface area contributed by atoms with Gasteiger partial charge >= 0.3 is 5.97 Å². The lowest BCUT2D eigenvalue weighted by molar-refractivity contribution is -0.161. The van der Waals surface area contributed by atoms with Gasteiger partial charge in [-0.15, -0.1) is 0 Å². The molecule has 0 unspecified atom stereocenters. The van der Waals surface area contributed by atoms with Gasteiger partial charge in [0.1, 0.15) is 17.0 Å². The number of anilines is 1. The number of nitrogens with two attached hydrogens (primary N) is 1. The second kappa shape index (κ2) is 7.85. The number of nitrogens with zero attached hydrogens (tertiary/aromatic N) is 2. The van der Waals surface area contributed by atoms with Crippen molar-refractivity contribution in [2.75, 3.05) is 25.9 Å². The van der Waals surface area contributed by atoms with Crippen molar-refractivity contribution in [1.82, 2.24) is 9.88 Å². The third-order valence-corrected chi connectivity index (χ3v) is 5.18. The Morgan fingerprint density at radius 3 is 2.79 bits per heavy atom. The molecule has 28 heavy (non-hydrogen) atoms. The highest BCUT2D eigenvalue weighted by atomic mass is 16.5. The molecule has 8 heteroatoms. The van der Waals surface area contributed by atoms with Crippen molar-refractivity contribution in [2.24, 2.45) is 5.41 Å². The molecule has 0 saturated carbocycles. The molecular weight excluding hydrogens is 362 g/mol. The van der Waals surface area contributed by atoms with E-state index in [-0.39, 0.29) is 31.8 Å². The summed E-state index contributed by atoms with van der Waals surface area (Å²) in [6.07, 6.45) is 0.534. The van der Waals surface area contributed by atoms with Crippen LogP contribution in [-0.4, -0.2) is 58.3 Å². The Balaban J connectivity index is 1.89. The minimum Gasteiger partial charge on any atom is -0.497 e. The summed E-state index contributed by atoms with van der Waals surface area (Å²) >= 11 is 0. The van der Waals surface area contributed by atoms with Crippen molar-refractivity contribution in [3.8, 4) is 5.75 Å². The van der Waals surface area contributed by atoms with Gasteiger partial charge in [0.15, 0.2) is 0 Å². The molecule has 4 N–H and O–H groups in total. The number of aliphatic hydroxyl groups is 1. The van der Waals surface area contributed by atoms with Crippen LogP contribution in [0.1, 0.15) is 22.3 Å². The number of hydrogen-bond donors (Lipinski definition) is 3. The van der Waals surface area contributed by atoms with Gasteiger partial charge in [-0.05, 0) is 42.7 Å². The van der Waals surface area contributed by atoms with Gasteiger partial charge in [0.2, 0.25) is 0 Å². The fourth-order valence-electron chi connectivity index (χ4n) is 3.57. The van der Waals surface area contributed by atoms with Gasteiger partial charge in [0, 0.05) is 19.3 Å². The van der Waals surface area contributed by atoms with Crippen LogP contribution in [0.5, 0.6) is 5.75 Å². The zero-order valence-electron chi connectivity index (χ0n) is 15.5. The lowest BCUT2D eigenvalue weighted by Gasteiger charge is -2.43. The molecule has 2 atom stereocenters. The van der Waals surface area contributed by atoms with E-state index in [9.17, 15) is 19.8 Å². The highest BCUT2D eigenvalue weighted by molar-refractivity contribution is 5.94. The maximum Gasteiger partial charge on any atom is 0.314 e. The van der Waals surface area contributed by atoms with Crippen LogP contribution in [0.15, 0.2) is 42.6 Å². The van der Waals surface area contributed by atoms with Crippen molar-refractivity contribution >= 4 is 17.7 Å². The standard InChI is InChI=1S/C20H23N3O5/c1-28-15-4-2-3-13(9-15)10-20(19(26)27)12-23(8-7-16(20)24)18(25)14-5-6-17(21)22-11-14/h2-6,9,11,16,24H,7-8,10,12H2,1H3,(H2,21,22)(H,26,27)/t16-,20+/m0/s1. The van der Waals surface area contributed by atoms with E-state index in [2.05, 4.69) is 4.98 Å². The number of carbonyl (C=O) groups is 2. The van der Waals surface area contributed by atoms with E-state index in [0.717, 1.165) is 0 Å². The number of benzene rings is 1. The number of nitrogen functional groups attached to an aromatic ring is 1. The summed E-state index contributed by atoms with van der Waals surface area (Å²) in [5, 5.41) is 20.6. The summed E-state index contributed by atoms with van der Waals surface area (Å²) in [5.74, 6) is -0.584. The molecule has 1 amide bonds. The molecule has 1 fully saturated rings. The van der Waals surface area contributed by atoms with Crippen LogP contribution in [0, 0.1) is 5.41 Å². The SMILES string of the molecule is COc1cccc(C[C@@]2(C(=O)O)CN(C(=O)c3ccc(N)nc3)CC[C@@H]2O)c1. The Labute approximate surface area is 162 Å². The first kappa shape index (κ1) is 19.6. The number of pyridine rings is 1. The van der Waals surface area contributed by atoms with Crippen molar-refractivity contribution in [1.29, 1.82) is 0 Å². The molecule has 0 bridgehead atoms. The van der Waals surface area contributed by atoms with Crippen molar-refractivity contribution in [3.05, 3.63) is 53.7 Å². The number of hydrogen-bond acceptors (Lipinski definition) is 6. The topological polar surface area (TPSA) is 126 Å². The lowest BCUT2D eigenvalue weighted by Crippen LogP contribution is -2.58. The second-order valence-corrected chi connectivity index (χ2v) is 6.99. The monoisotopic (exact) mass is 385 g/mol. The Kier molecular flexibility index (Phi) is 5.51. The summed E-state index contributed by atoms with van der Waals surface area (Å²) in [4.78, 5) is 30.4. The molecule has 1 aliphatic heterocycles. The van der Waals surface area contributed by atoms with Crippen LogP contribution in [-0.2, 0) is 11.2 Å². The quantitative estimate of drug-likeness (QED) is 0.706. The number of rotatable bonds is 5. The molecule has 8 nitrogen and oxygen atoms in total. The minimum atomic E-state index is -1.51. The number of methoxy groups -OCH3 is 1. The van der Waals surface area contributed by atoms with Crippen LogP contribution < -0.4 is 10.5 Å². The normalized spacial score (nSPS) is 21.9. The van der Waals surface area contributed by atoms with E-state index in [4.69, 9.17) is 10.5 Å². The van der Waals surface area contributed by atoms with E-state index in [1.807, 2.05) is 0 Å². The smallest absolute Gasteiger partial charge is 0.314 e. The average molecular weight is 385 g/mol. The number of aromatic nitrogens is 1. The van der Waals surface area contributed by atoms with Crippen LogP contribution in [0.25, 0.3) is 0 Å². The first-order valence-corrected chi connectivity index (χ1v) is 8.91. The first-order chi connectivity index (χ1) is 13.4. The molecule has 1 aromatic heterocycles. The fraction of sp³-hybridized carbons (Fsp3) is 0.350. The fourth-order valence-corrected chi connectivity index (χ4v) is 3.57. The maximum absolute atomic E-state index is 12.8. The third-order valence-electron chi connectivity index (χ3n) is 5.18. The van der Waals surface area contributed by atoms with Gasteiger partial charge in [0.25, 0.3) is 5.91 Å². The molecule has 0 spiro atoms. The van der Waals surface area contributed by atoms with Gasteiger partial charge in [0.05, 0.1) is 18.8 Å². The summed E-state index contributed by atoms with van der Waals surface area (Å²) in [6, 6.07) is 10.1. The summed E-state index contributed by atoms with van der Waals surface area (Å²) in [7, 11) is 1.53. The molecule has 0 radical (unpaired) electrons. The predicted octanol–water partition coefficient (Wildman–Crippen LogP) is 1.19. The predicted molar refractivity (Wildman–Crippen MR) is 102 cm³/mol. The zero-order chi connectivity index (χ0) is 20.3. The van der Waals surface area contributed by atoms with Crippen molar-refractivity contribution in [2.45, 2.75) is 18.9 Å². The highest BCUT2D eigenvalue weighted by Crippen LogP contribution is 2.36. The molecule has 2 heterocycles. The molecule has 2 aromatic rings. The minimum absolute atomic E-state index is 0.0739. The van der Waals surface area contributed by atoms with Crippen LogP contribution in [0.2, 0.25) is 0 Å². The Morgan fingerprint density at radius 1 is 1.36 bits per heavy atom. The second-order valence-electron chi connectivity index (χ2n) is 6.99. The van der Waals surface area contributed by atoms with Gasteiger partial charge in [-0.2, -0.15) is 0 Å². The van der Waals surface area contributed by atoms with Gasteiger partial charge in [-0.25, -0.2) is 4.98 Å². The summed E-state index contributed by atoms with van der Waals surface area (Å²) in [5.41, 5.74) is 5.08. The van der Waals surface area contributed by atoms with Gasteiger partial charge in [-0.3, -0.25) is 9.59 Å². The highest BCUT2D eigenvalue weighted by Gasteiger charge is 2.50. The van der Waals surface area contributed by atoms with E-state index in [0.29, 0.717) is 22.7 Å². The van der Waals surface area contributed by atoms with E-state index >= 15 is 0 Å². The summed E-state index contributed by atoms with van der Waals surface area (Å²) in [6.45, 7) is 0.154. The van der Waals surface area contributed by atoms with E-state index in [1.165, 1.54) is 24.3 Å². The zero-order valence-corrected chi connectivity index (χ0v) is 15.5. The molecule has 1 saturated heterocycles. The Bertz CT molecular complexity index is 870. The van der Waals surface area contributed by atoms with Crippen LogP contribution in [0.4, 0.5) is 5.82 Å². The molecular formula is C20H23N3O5. The number of carboxylic acid groups (broad SMARTS) is 1. The van der Waals surface area contributed by atoms with E-state index < -0.39 is 17.5 Å². The molecule has 148 valence electrons. The molecule has 1 aliphatic rings. The largest absolute Gasteiger partial charge is 0.497 e. The molecule has 0 aliphatic carbocycles. The number of ether oxygens (including phenoxy) is 1. The number of carboxylic acids is 1. The van der Waals surface area contributed by atoms with Crippen molar-refractivity contribution < 1.29 is 24.5 Å². The van der Waals surface area contributed by atoms with Crippen LogP contribution in [0.3, 0.4) is 0 Å². The van der Waals surface area contributed by atoms with Gasteiger partial charge in [-0.1, -0.05) is 12.1 Å². The lowest BCUT2D eigenvalue weighted by atomic mass is 9.72. The van der Waals surface area contributed by atoms with Gasteiger partial charge < -0.3 is 25.6 Å². The number of likely N-dealkylation sites (tertiary alicyclic amines) is 1. The third kappa shape index (κ3) is 3.77. The molecule has 3 rings (SSSR count). The van der Waals surface area contributed by atoms with Crippen molar-refractivity contribution in [3.63, 3.8) is 0 Å². The van der Waals surface area contributed by atoms with E-state index in [1.54, 1.807) is 30.3 Å². The number of amides is 1.